The molecule has 0 saturated heterocycles. The third kappa shape index (κ3) is 3.05. The maximum Gasteiger partial charge on any atom is 0.315 e. The van der Waals surface area contributed by atoms with Crippen molar-refractivity contribution in [3.63, 3.8) is 0 Å². The normalized spacial score (nSPS) is 10.1. The van der Waals surface area contributed by atoms with Crippen molar-refractivity contribution < 1.29 is 25.7 Å². The summed E-state index contributed by atoms with van der Waals surface area (Å²) >= 11 is 0. The Kier molecular flexibility index (Phi) is 5.37. The highest BCUT2D eigenvalue weighted by Crippen LogP contribution is 2.44. The van der Waals surface area contributed by atoms with Crippen molar-refractivity contribution in [1.82, 2.24) is 0 Å². The minimum Gasteiger partial charge on any atom is -0.493 e. The summed E-state index contributed by atoms with van der Waals surface area (Å²) in [5, 5.41) is 20.0. The van der Waals surface area contributed by atoms with Gasteiger partial charge in [-0.2, -0.15) is 0 Å². The molecule has 7 nitrogen and oxygen atoms in total. The fourth-order valence-corrected chi connectivity index (χ4v) is 1.88. The van der Waals surface area contributed by atoms with Crippen LogP contribution < -0.4 is 14.2 Å². The highest BCUT2D eigenvalue weighted by Gasteiger charge is 2.26. The zero-order chi connectivity index (χ0) is 14.4. The molecule has 108 valence electrons. The van der Waals surface area contributed by atoms with E-state index >= 15 is 0 Å². The molecule has 0 amide bonds. The van der Waals surface area contributed by atoms with Gasteiger partial charge in [-0.25, -0.2) is 0 Å². The molecule has 0 fully saturated rings. The second-order valence-electron chi connectivity index (χ2n) is 3.73. The highest BCUT2D eigenvalue weighted by atomic mass is 16.6. The standard InChI is InChI=1S/C12H17NO6.H2/c1-17-10-7-9(13(15)16)11(18-2)8(5-4-6-14)12(10)19-3;/h7,14H,4-6H2,1-3H3;1H/i;1+1. The number of rotatable bonds is 7. The quantitative estimate of drug-likeness (QED) is 0.602. The summed E-state index contributed by atoms with van der Waals surface area (Å²) in [4.78, 5) is 10.5. The third-order valence-electron chi connectivity index (χ3n) is 2.68. The molecule has 7 heteroatoms. The van der Waals surface area contributed by atoms with E-state index in [1.165, 1.54) is 27.4 Å². The molecule has 0 saturated carbocycles. The van der Waals surface area contributed by atoms with E-state index in [0.29, 0.717) is 24.2 Å². The average molecular weight is 274 g/mol. The topological polar surface area (TPSA) is 91.1 Å². The molecule has 0 unspecified atom stereocenters. The fraction of sp³-hybridized carbons (Fsp3) is 0.500. The average Bonchev–Trinajstić information content (AvgIpc) is 2.42. The predicted molar refractivity (Wildman–Crippen MR) is 70.3 cm³/mol. The number of ether oxygens (including phenoxy) is 3. The molecule has 19 heavy (non-hydrogen) atoms. The van der Waals surface area contributed by atoms with Gasteiger partial charge in [0, 0.05) is 13.6 Å². The first kappa shape index (κ1) is 15.0. The minimum absolute atomic E-state index is 0. The second-order valence-corrected chi connectivity index (χ2v) is 3.73. The molecule has 0 bridgehead atoms. The van der Waals surface area contributed by atoms with Crippen molar-refractivity contribution in [3.05, 3.63) is 21.7 Å². The van der Waals surface area contributed by atoms with Gasteiger partial charge in [0.25, 0.3) is 0 Å². The molecule has 0 radical (unpaired) electrons. The summed E-state index contributed by atoms with van der Waals surface area (Å²) in [6.07, 6.45) is 0.831. The molecular weight excluding hydrogens is 254 g/mol. The van der Waals surface area contributed by atoms with Crippen molar-refractivity contribution in [3.8, 4) is 17.2 Å². The molecule has 0 aliphatic carbocycles. The molecular formula is C12H19NO6. The molecule has 0 aliphatic rings. The van der Waals surface area contributed by atoms with E-state index in [-0.39, 0.29) is 25.2 Å². The molecule has 1 N–H and O–H groups in total. The molecule has 0 heterocycles. The number of aliphatic hydroxyl groups excluding tert-OH is 1. The number of hydrogen-bond donors (Lipinski definition) is 1. The lowest BCUT2D eigenvalue weighted by Crippen LogP contribution is -2.04. The van der Waals surface area contributed by atoms with Crippen LogP contribution in [-0.2, 0) is 6.42 Å². The summed E-state index contributed by atoms with van der Waals surface area (Å²) in [5.74, 6) is 0.789. The first-order chi connectivity index (χ1) is 9.10. The molecule has 0 aliphatic heterocycles. The van der Waals surface area contributed by atoms with Gasteiger partial charge in [0.1, 0.15) is 0 Å². The maximum absolute atomic E-state index is 11.1. The summed E-state index contributed by atoms with van der Waals surface area (Å²) < 4.78 is 15.5. The highest BCUT2D eigenvalue weighted by molar-refractivity contribution is 5.64. The van der Waals surface area contributed by atoms with Crippen LogP contribution in [0.2, 0.25) is 0 Å². The van der Waals surface area contributed by atoms with Crippen LogP contribution >= 0.6 is 0 Å². The fourth-order valence-electron chi connectivity index (χ4n) is 1.88. The van der Waals surface area contributed by atoms with E-state index in [9.17, 15) is 10.1 Å². The Morgan fingerprint density at radius 2 is 1.89 bits per heavy atom. The Labute approximate surface area is 112 Å². The predicted octanol–water partition coefficient (Wildman–Crippen LogP) is 1.79. The van der Waals surface area contributed by atoms with E-state index < -0.39 is 4.92 Å². The number of nitrogens with zero attached hydrogens (tertiary/aromatic N) is 1. The van der Waals surface area contributed by atoms with Gasteiger partial charge in [-0.3, -0.25) is 10.1 Å². The van der Waals surface area contributed by atoms with Crippen LogP contribution in [0.25, 0.3) is 0 Å². The third-order valence-corrected chi connectivity index (χ3v) is 2.68. The van der Waals surface area contributed by atoms with Crippen LogP contribution in [0, 0.1) is 10.1 Å². The second kappa shape index (κ2) is 6.79. The molecule has 0 spiro atoms. The van der Waals surface area contributed by atoms with Crippen LogP contribution in [0.3, 0.4) is 0 Å². The lowest BCUT2D eigenvalue weighted by atomic mass is 10.0. The first-order valence-electron chi connectivity index (χ1n) is 5.67. The van der Waals surface area contributed by atoms with Gasteiger partial charge in [-0.1, -0.05) is 0 Å². The zero-order valence-electron chi connectivity index (χ0n) is 11.1. The smallest absolute Gasteiger partial charge is 0.315 e. The maximum atomic E-state index is 11.1. The Morgan fingerprint density at radius 3 is 2.32 bits per heavy atom. The van der Waals surface area contributed by atoms with E-state index in [1.54, 1.807) is 0 Å². The van der Waals surface area contributed by atoms with Gasteiger partial charge in [0.2, 0.25) is 5.75 Å². The molecule has 0 atom stereocenters. The molecule has 0 aromatic heterocycles. The van der Waals surface area contributed by atoms with Crippen LogP contribution in [0.1, 0.15) is 13.4 Å². The van der Waals surface area contributed by atoms with Crippen molar-refractivity contribution in [2.45, 2.75) is 12.8 Å². The van der Waals surface area contributed by atoms with Crippen molar-refractivity contribution >= 4 is 5.69 Å². The molecule has 1 rings (SSSR count). The largest absolute Gasteiger partial charge is 0.493 e. The number of hydrogen-bond acceptors (Lipinski definition) is 6. The van der Waals surface area contributed by atoms with Crippen molar-refractivity contribution in [1.29, 1.82) is 0 Å². The van der Waals surface area contributed by atoms with Gasteiger partial charge in [-0.05, 0) is 12.8 Å². The zero-order valence-corrected chi connectivity index (χ0v) is 11.1. The Hall–Kier alpha value is -2.02. The Bertz CT molecular complexity index is 466. The van der Waals surface area contributed by atoms with Crippen molar-refractivity contribution in [2.24, 2.45) is 0 Å². The number of aliphatic hydroxyl groups is 1. The van der Waals surface area contributed by atoms with E-state index in [0.717, 1.165) is 0 Å². The Morgan fingerprint density at radius 1 is 1.26 bits per heavy atom. The number of nitro benzene ring substituents is 1. The summed E-state index contributed by atoms with van der Waals surface area (Å²) in [6, 6.07) is 1.26. The first-order valence-corrected chi connectivity index (χ1v) is 5.67. The number of methoxy groups -OCH3 is 3. The lowest BCUT2D eigenvalue weighted by molar-refractivity contribution is -0.385. The summed E-state index contributed by atoms with van der Waals surface area (Å²) in [6.45, 7) is -0.0304. The van der Waals surface area contributed by atoms with Gasteiger partial charge in [0.15, 0.2) is 11.5 Å². The van der Waals surface area contributed by atoms with Gasteiger partial charge in [-0.15, -0.1) is 0 Å². The van der Waals surface area contributed by atoms with E-state index in [2.05, 4.69) is 0 Å². The van der Waals surface area contributed by atoms with Gasteiger partial charge >= 0.3 is 5.69 Å². The van der Waals surface area contributed by atoms with Crippen LogP contribution in [0.15, 0.2) is 6.07 Å². The minimum atomic E-state index is -0.538. The Balaban J connectivity index is 0.00000361. The van der Waals surface area contributed by atoms with Crippen LogP contribution in [0.4, 0.5) is 5.69 Å². The molecule has 1 aromatic rings. The van der Waals surface area contributed by atoms with Crippen LogP contribution in [-0.4, -0.2) is 38.0 Å². The number of benzene rings is 1. The van der Waals surface area contributed by atoms with Crippen molar-refractivity contribution in [2.75, 3.05) is 27.9 Å². The van der Waals surface area contributed by atoms with Crippen LogP contribution in [0.5, 0.6) is 17.2 Å². The lowest BCUT2D eigenvalue weighted by Gasteiger charge is -2.16. The molecule has 1 aromatic carbocycles. The SMILES string of the molecule is COc1cc([N+](=O)[O-])c(OC)c(CCCO)c1OC.[2HH]. The monoisotopic (exact) mass is 274 g/mol. The van der Waals surface area contributed by atoms with E-state index in [1.807, 2.05) is 0 Å². The summed E-state index contributed by atoms with van der Waals surface area (Å²) in [7, 11) is 4.21. The number of nitro groups is 1. The van der Waals surface area contributed by atoms with E-state index in [4.69, 9.17) is 19.3 Å². The summed E-state index contributed by atoms with van der Waals surface area (Å²) in [5.41, 5.74) is 0.332. The van der Waals surface area contributed by atoms with Gasteiger partial charge in [0.05, 0.1) is 32.3 Å². The van der Waals surface area contributed by atoms with Gasteiger partial charge < -0.3 is 19.3 Å².